The van der Waals surface area contributed by atoms with E-state index in [0.717, 1.165) is 19.3 Å². The molecule has 2 unspecified atom stereocenters. The summed E-state index contributed by atoms with van der Waals surface area (Å²) in [6, 6.07) is 0. The van der Waals surface area contributed by atoms with Crippen molar-refractivity contribution in [1.29, 1.82) is 0 Å². The minimum atomic E-state index is -0.924. The number of likely N-dealkylation sites (tertiary alicyclic amines) is 1. The van der Waals surface area contributed by atoms with Gasteiger partial charge in [0.15, 0.2) is 0 Å². The standard InChI is InChI=1S/C21H40BN3O4/c1-15(26)23-21(17(27)24-18(2,3)4)12-16(13-25(9)14-21)10-11-22-28-19(5,6)20(7,8)29-22/h16H,10-14H2,1-9H3,(H,23,26)(H,24,27). The predicted octanol–water partition coefficient (Wildman–Crippen LogP) is 2.21. The van der Waals surface area contributed by atoms with E-state index in [1.807, 2.05) is 27.8 Å². The number of hydrogen-bond acceptors (Lipinski definition) is 5. The highest BCUT2D eigenvalue weighted by atomic mass is 16.7. The minimum absolute atomic E-state index is 0.118. The van der Waals surface area contributed by atoms with Gasteiger partial charge in [-0.25, -0.2) is 0 Å². The second-order valence-electron chi connectivity index (χ2n) is 11.0. The number of nitrogens with zero attached hydrogens (tertiary/aromatic N) is 1. The second kappa shape index (κ2) is 8.19. The lowest BCUT2D eigenvalue weighted by molar-refractivity contribution is -0.137. The normalized spacial score (nSPS) is 29.6. The Morgan fingerprint density at radius 2 is 1.69 bits per heavy atom. The van der Waals surface area contributed by atoms with Gasteiger partial charge in [-0.2, -0.15) is 0 Å². The summed E-state index contributed by atoms with van der Waals surface area (Å²) in [6.45, 7) is 16.9. The van der Waals surface area contributed by atoms with Gasteiger partial charge in [0.1, 0.15) is 5.54 Å². The largest absolute Gasteiger partial charge is 0.457 e. The van der Waals surface area contributed by atoms with E-state index in [9.17, 15) is 9.59 Å². The van der Waals surface area contributed by atoms with E-state index < -0.39 is 5.54 Å². The highest BCUT2D eigenvalue weighted by Crippen LogP contribution is 2.39. The summed E-state index contributed by atoms with van der Waals surface area (Å²) in [6.07, 6.45) is 2.24. The van der Waals surface area contributed by atoms with E-state index in [0.29, 0.717) is 13.0 Å². The molecule has 7 nitrogen and oxygen atoms in total. The maximum Gasteiger partial charge on any atom is 0.457 e. The molecule has 0 saturated carbocycles. The fourth-order valence-corrected chi connectivity index (χ4v) is 4.35. The molecular formula is C21H40BN3O4. The van der Waals surface area contributed by atoms with Crippen molar-refractivity contribution in [2.75, 3.05) is 20.1 Å². The lowest BCUT2D eigenvalue weighted by Crippen LogP contribution is -2.68. The van der Waals surface area contributed by atoms with Gasteiger partial charge in [-0.1, -0.05) is 6.42 Å². The van der Waals surface area contributed by atoms with Crippen molar-refractivity contribution < 1.29 is 18.9 Å². The SMILES string of the molecule is CC(=O)NC1(C(=O)NC(C)(C)C)CC(CCB2OC(C)(C)C(C)(C)O2)CN(C)C1. The highest BCUT2D eigenvalue weighted by molar-refractivity contribution is 6.45. The van der Waals surface area contributed by atoms with Gasteiger partial charge in [-0.05, 0) is 74.2 Å². The lowest BCUT2D eigenvalue weighted by Gasteiger charge is -2.45. The number of hydrogen-bond donors (Lipinski definition) is 2. The summed E-state index contributed by atoms with van der Waals surface area (Å²) in [5.41, 5.74) is -1.97. The Morgan fingerprint density at radius 1 is 1.14 bits per heavy atom. The molecule has 0 aromatic heterocycles. The van der Waals surface area contributed by atoms with Gasteiger partial charge < -0.3 is 24.8 Å². The maximum absolute atomic E-state index is 13.2. The molecule has 29 heavy (non-hydrogen) atoms. The van der Waals surface area contributed by atoms with Crippen LogP contribution in [0.2, 0.25) is 6.32 Å². The van der Waals surface area contributed by atoms with Gasteiger partial charge in [0.2, 0.25) is 11.8 Å². The maximum atomic E-state index is 13.2. The molecule has 2 aliphatic rings. The van der Waals surface area contributed by atoms with Gasteiger partial charge in [0.25, 0.3) is 0 Å². The molecule has 0 aromatic carbocycles. The van der Waals surface area contributed by atoms with Crippen molar-refractivity contribution in [2.45, 2.75) is 96.8 Å². The summed E-state index contributed by atoms with van der Waals surface area (Å²) in [4.78, 5) is 27.3. The van der Waals surface area contributed by atoms with Crippen LogP contribution in [-0.2, 0) is 18.9 Å². The summed E-state index contributed by atoms with van der Waals surface area (Å²) in [7, 11) is 1.76. The van der Waals surface area contributed by atoms with Crippen LogP contribution in [0.25, 0.3) is 0 Å². The first kappa shape index (κ1) is 24.2. The van der Waals surface area contributed by atoms with Crippen LogP contribution < -0.4 is 10.6 Å². The molecule has 0 radical (unpaired) electrons. The molecule has 2 amide bonds. The van der Waals surface area contributed by atoms with E-state index in [2.05, 4.69) is 43.2 Å². The smallest absolute Gasteiger partial charge is 0.403 e. The number of piperidine rings is 1. The fourth-order valence-electron chi connectivity index (χ4n) is 4.35. The first-order valence-corrected chi connectivity index (χ1v) is 10.7. The van der Waals surface area contributed by atoms with Crippen molar-refractivity contribution in [3.05, 3.63) is 0 Å². The molecule has 2 atom stereocenters. The van der Waals surface area contributed by atoms with E-state index in [-0.39, 0.29) is 41.6 Å². The Kier molecular flexibility index (Phi) is 6.83. The van der Waals surface area contributed by atoms with Gasteiger partial charge in [0.05, 0.1) is 11.2 Å². The topological polar surface area (TPSA) is 79.9 Å². The Morgan fingerprint density at radius 3 is 2.17 bits per heavy atom. The summed E-state index contributed by atoms with van der Waals surface area (Å²) in [5.74, 6) is -0.0493. The van der Waals surface area contributed by atoms with Crippen molar-refractivity contribution in [1.82, 2.24) is 15.5 Å². The third-order valence-corrected chi connectivity index (χ3v) is 6.20. The van der Waals surface area contributed by atoms with Crippen molar-refractivity contribution in [3.63, 3.8) is 0 Å². The summed E-state index contributed by atoms with van der Waals surface area (Å²) < 4.78 is 12.3. The van der Waals surface area contributed by atoms with Gasteiger partial charge in [-0.3, -0.25) is 9.59 Å². The Hall–Kier alpha value is -1.12. The number of likely N-dealkylation sites (N-methyl/N-ethyl adjacent to an activating group) is 1. The fraction of sp³-hybridized carbons (Fsp3) is 0.905. The molecule has 166 valence electrons. The lowest BCUT2D eigenvalue weighted by atomic mass is 9.74. The third-order valence-electron chi connectivity index (χ3n) is 6.20. The van der Waals surface area contributed by atoms with Crippen LogP contribution in [0.4, 0.5) is 0 Å². The molecule has 2 rings (SSSR count). The zero-order valence-electron chi connectivity index (χ0n) is 19.8. The van der Waals surface area contributed by atoms with Crippen LogP contribution in [0.15, 0.2) is 0 Å². The van der Waals surface area contributed by atoms with Crippen LogP contribution in [0, 0.1) is 5.92 Å². The molecule has 8 heteroatoms. The van der Waals surface area contributed by atoms with Crippen LogP contribution >= 0.6 is 0 Å². The predicted molar refractivity (Wildman–Crippen MR) is 116 cm³/mol. The average molecular weight is 409 g/mol. The second-order valence-corrected chi connectivity index (χ2v) is 11.0. The van der Waals surface area contributed by atoms with Crippen molar-refractivity contribution >= 4 is 18.9 Å². The van der Waals surface area contributed by atoms with Crippen LogP contribution in [0.1, 0.15) is 68.2 Å². The van der Waals surface area contributed by atoms with Crippen LogP contribution in [0.3, 0.4) is 0 Å². The van der Waals surface area contributed by atoms with E-state index in [1.165, 1.54) is 6.92 Å². The van der Waals surface area contributed by atoms with Gasteiger partial charge >= 0.3 is 7.12 Å². The number of rotatable bonds is 5. The molecular weight excluding hydrogens is 369 g/mol. The minimum Gasteiger partial charge on any atom is -0.403 e. The van der Waals surface area contributed by atoms with E-state index >= 15 is 0 Å². The molecule has 2 N–H and O–H groups in total. The first-order chi connectivity index (χ1) is 13.1. The zero-order valence-corrected chi connectivity index (χ0v) is 19.8. The van der Waals surface area contributed by atoms with Crippen LogP contribution in [0.5, 0.6) is 0 Å². The molecule has 0 spiro atoms. The van der Waals surface area contributed by atoms with E-state index in [1.54, 1.807) is 0 Å². The van der Waals surface area contributed by atoms with Gasteiger partial charge in [-0.15, -0.1) is 0 Å². The number of carbonyl (C=O) groups is 2. The number of carbonyl (C=O) groups excluding carboxylic acids is 2. The molecule has 0 bridgehead atoms. The Bertz CT molecular complexity index is 616. The van der Waals surface area contributed by atoms with Crippen LogP contribution in [-0.4, -0.2) is 66.2 Å². The Balaban J connectivity index is 2.10. The highest BCUT2D eigenvalue weighted by Gasteiger charge is 2.51. The van der Waals surface area contributed by atoms with Crippen molar-refractivity contribution in [2.24, 2.45) is 5.92 Å². The number of nitrogens with one attached hydrogen (secondary N) is 2. The average Bonchev–Trinajstić information content (AvgIpc) is 2.69. The monoisotopic (exact) mass is 409 g/mol. The van der Waals surface area contributed by atoms with Crippen molar-refractivity contribution in [3.8, 4) is 0 Å². The summed E-state index contributed by atoms with van der Waals surface area (Å²) >= 11 is 0. The van der Waals surface area contributed by atoms with Gasteiger partial charge in [0, 0.05) is 25.6 Å². The Labute approximate surface area is 176 Å². The molecule has 2 aliphatic heterocycles. The quantitative estimate of drug-likeness (QED) is 0.681. The molecule has 2 saturated heterocycles. The molecule has 2 fully saturated rings. The number of amides is 2. The summed E-state index contributed by atoms with van der Waals surface area (Å²) in [5, 5.41) is 6.04. The molecule has 0 aromatic rings. The van der Waals surface area contributed by atoms with E-state index in [4.69, 9.17) is 9.31 Å². The third kappa shape index (κ3) is 5.95. The molecule has 2 heterocycles. The zero-order chi connectivity index (χ0) is 22.3. The first-order valence-electron chi connectivity index (χ1n) is 10.7. The molecule has 0 aliphatic carbocycles.